The van der Waals surface area contributed by atoms with Crippen LogP contribution in [-0.4, -0.2) is 6.71 Å². The Morgan fingerprint density at radius 1 is 0.471 bits per heavy atom. The average molecular weight is 264 g/mol. The summed E-state index contributed by atoms with van der Waals surface area (Å²) in [6.07, 6.45) is 0. The maximum absolute atomic E-state index is 2.49. The van der Waals surface area contributed by atoms with Gasteiger partial charge in [-0.3, -0.25) is 0 Å². The first-order valence-electron chi connectivity index (χ1n) is 7.42. The van der Waals surface area contributed by atoms with Gasteiger partial charge in [-0.1, -0.05) is 80.1 Å². The summed E-state index contributed by atoms with van der Waals surface area (Å²) >= 11 is 0. The van der Waals surface area contributed by atoms with Crippen LogP contribution in [0.5, 0.6) is 0 Å². The molecule has 0 saturated heterocycles. The van der Waals surface area contributed by atoms with Gasteiger partial charge in [0.25, 0.3) is 0 Å². The third-order valence-electron chi connectivity index (χ3n) is 5.64. The zero-order valence-electron chi connectivity index (χ0n) is 14.2. The molecule has 17 heavy (non-hydrogen) atoms. The van der Waals surface area contributed by atoms with Crippen LogP contribution in [0.15, 0.2) is 0 Å². The number of hydrogen-bond acceptors (Lipinski definition) is 0. The molecule has 0 aliphatic carbocycles. The van der Waals surface area contributed by atoms with Crippen molar-refractivity contribution in [3.05, 3.63) is 0 Å². The quantitative estimate of drug-likeness (QED) is 0.646. The van der Waals surface area contributed by atoms with Gasteiger partial charge in [-0.25, -0.2) is 0 Å². The molecule has 98 valence electrons. The van der Waals surface area contributed by atoms with Crippen molar-refractivity contribution in [1.29, 1.82) is 0 Å². The van der Waals surface area contributed by atoms with E-state index in [1.54, 1.807) is 0 Å². The Kier molecular flexibility index (Phi) is 11.8. The van der Waals surface area contributed by atoms with Crippen molar-refractivity contribution in [2.75, 3.05) is 0 Å². The summed E-state index contributed by atoms with van der Waals surface area (Å²) in [6, 6.07) is 0. The van der Waals surface area contributed by atoms with E-state index in [1.807, 2.05) is 0 Å². The maximum Gasteiger partial charge on any atom is 1.00 e. The number of hydrogen-bond donors (Lipinski definition) is 0. The predicted molar refractivity (Wildman–Crippen MR) is 79.9 cm³/mol. The third-order valence-corrected chi connectivity index (χ3v) is 5.64. The fraction of sp³-hybridized carbons (Fsp3) is 1.00. The summed E-state index contributed by atoms with van der Waals surface area (Å²) in [5, 5.41) is 0. The molecule has 3 atom stereocenters. The van der Waals surface area contributed by atoms with Gasteiger partial charge in [0.15, 0.2) is 0 Å². The molecule has 0 heterocycles. The van der Waals surface area contributed by atoms with Crippen LogP contribution >= 0.6 is 0 Å². The standard InChI is InChI=1S/C15H34B.K/c1-10(2)13(7)16(14(8)11(3)4)15(9)12(5)6;/h10-16H,1-9H3;/q-1;+1. The van der Waals surface area contributed by atoms with Gasteiger partial charge < -0.3 is 0 Å². The Labute approximate surface area is 154 Å². The largest absolute Gasteiger partial charge is 1.00 e. The van der Waals surface area contributed by atoms with Crippen molar-refractivity contribution in [2.45, 2.75) is 79.8 Å². The molecular formula is C15H34BK. The van der Waals surface area contributed by atoms with Crippen LogP contribution in [0.1, 0.15) is 62.3 Å². The predicted octanol–water partition coefficient (Wildman–Crippen LogP) is 2.36. The molecule has 0 fully saturated rings. The van der Waals surface area contributed by atoms with Crippen molar-refractivity contribution >= 4 is 6.71 Å². The Hall–Kier alpha value is 1.70. The molecule has 0 aromatic carbocycles. The minimum Gasteiger partial charge on any atom is -0.169 e. The molecule has 0 saturated carbocycles. The van der Waals surface area contributed by atoms with Gasteiger partial charge in [-0.15, -0.1) is 0 Å². The van der Waals surface area contributed by atoms with E-state index in [1.165, 1.54) is 0 Å². The second-order valence-electron chi connectivity index (χ2n) is 7.37. The monoisotopic (exact) mass is 264 g/mol. The van der Waals surface area contributed by atoms with Crippen LogP contribution in [0, 0.1) is 17.8 Å². The average Bonchev–Trinajstić information content (AvgIpc) is 2.16. The van der Waals surface area contributed by atoms with Crippen molar-refractivity contribution < 1.29 is 51.4 Å². The molecule has 0 aromatic heterocycles. The molecule has 0 bridgehead atoms. The molecular weight excluding hydrogens is 230 g/mol. The summed E-state index contributed by atoms with van der Waals surface area (Å²) in [5.41, 5.74) is 0. The zero-order chi connectivity index (χ0) is 13.0. The van der Waals surface area contributed by atoms with Crippen molar-refractivity contribution in [2.24, 2.45) is 17.8 Å². The topological polar surface area (TPSA) is 0 Å². The summed E-state index contributed by atoms with van der Waals surface area (Å²) in [6.45, 7) is 21.8. The van der Waals surface area contributed by atoms with Gasteiger partial charge >= 0.3 is 51.4 Å². The third kappa shape index (κ3) is 6.61. The second-order valence-corrected chi connectivity index (χ2v) is 7.37. The van der Waals surface area contributed by atoms with E-state index < -0.39 is 0 Å². The van der Waals surface area contributed by atoms with E-state index in [0.717, 1.165) is 35.2 Å². The summed E-state index contributed by atoms with van der Waals surface area (Å²) in [4.78, 5) is 0. The first kappa shape index (κ1) is 21.0. The fourth-order valence-electron chi connectivity index (χ4n) is 3.39. The van der Waals surface area contributed by atoms with Crippen LogP contribution in [0.2, 0.25) is 17.5 Å². The molecule has 0 nitrogen and oxygen atoms in total. The molecule has 2 heteroatoms. The molecule has 0 amide bonds. The molecule has 0 aliphatic rings. The fourth-order valence-corrected chi connectivity index (χ4v) is 3.39. The van der Waals surface area contributed by atoms with Crippen LogP contribution < -0.4 is 51.4 Å². The van der Waals surface area contributed by atoms with E-state index >= 15 is 0 Å². The Morgan fingerprint density at radius 2 is 0.647 bits per heavy atom. The van der Waals surface area contributed by atoms with Crippen LogP contribution in [0.25, 0.3) is 0 Å². The van der Waals surface area contributed by atoms with Gasteiger partial charge in [0.1, 0.15) is 0 Å². The van der Waals surface area contributed by atoms with Gasteiger partial charge in [-0.2, -0.15) is 17.5 Å². The van der Waals surface area contributed by atoms with Gasteiger partial charge in [-0.05, 0) is 6.71 Å². The van der Waals surface area contributed by atoms with E-state index in [4.69, 9.17) is 0 Å². The normalized spacial score (nSPS) is 19.1. The van der Waals surface area contributed by atoms with Gasteiger partial charge in [0.2, 0.25) is 0 Å². The second kappa shape index (κ2) is 9.58. The van der Waals surface area contributed by atoms with Gasteiger partial charge in [0, 0.05) is 0 Å². The minimum atomic E-state index is -0.0694. The molecule has 0 radical (unpaired) electrons. The SMILES string of the molecule is CC(C)C(C)[BH-](C(C)C(C)C)C(C)C(C)C.[K+]. The van der Waals surface area contributed by atoms with E-state index in [0.29, 0.717) is 0 Å². The Bertz CT molecular complexity index is 156. The zero-order valence-corrected chi connectivity index (χ0v) is 17.3. The van der Waals surface area contributed by atoms with E-state index in [9.17, 15) is 0 Å². The smallest absolute Gasteiger partial charge is 0.169 e. The molecule has 0 spiro atoms. The summed E-state index contributed by atoms with van der Waals surface area (Å²) in [5.74, 6) is 5.24. The Balaban J connectivity index is 0. The molecule has 0 rings (SSSR count). The van der Waals surface area contributed by atoms with Gasteiger partial charge in [0.05, 0.1) is 0 Å². The first-order chi connectivity index (χ1) is 7.20. The number of rotatable bonds is 6. The minimum absolute atomic E-state index is 0. The first-order valence-corrected chi connectivity index (χ1v) is 7.42. The molecule has 0 aliphatic heterocycles. The van der Waals surface area contributed by atoms with Crippen LogP contribution in [0.3, 0.4) is 0 Å². The maximum atomic E-state index is 2.49. The van der Waals surface area contributed by atoms with Crippen LogP contribution in [-0.2, 0) is 0 Å². The van der Waals surface area contributed by atoms with E-state index in [-0.39, 0.29) is 58.1 Å². The Morgan fingerprint density at radius 3 is 0.765 bits per heavy atom. The molecule has 0 aromatic rings. The summed E-state index contributed by atoms with van der Waals surface area (Å²) in [7, 11) is 0. The van der Waals surface area contributed by atoms with Crippen molar-refractivity contribution in [1.82, 2.24) is 0 Å². The van der Waals surface area contributed by atoms with Crippen molar-refractivity contribution in [3.63, 3.8) is 0 Å². The molecule has 3 unspecified atom stereocenters. The molecule has 0 N–H and O–H groups in total. The van der Waals surface area contributed by atoms with Crippen molar-refractivity contribution in [3.8, 4) is 0 Å². The van der Waals surface area contributed by atoms with E-state index in [2.05, 4.69) is 62.3 Å². The van der Waals surface area contributed by atoms with Crippen LogP contribution in [0.4, 0.5) is 0 Å². The summed E-state index contributed by atoms with van der Waals surface area (Å²) < 4.78 is 0.